The predicted octanol–water partition coefficient (Wildman–Crippen LogP) is 0.438. The molecule has 0 radical (unpaired) electrons. The van der Waals surface area contributed by atoms with Gasteiger partial charge >= 0.3 is 5.97 Å². The third-order valence-electron chi connectivity index (χ3n) is 3.11. The third kappa shape index (κ3) is 4.48. The molecule has 7 nitrogen and oxygen atoms in total. The highest BCUT2D eigenvalue weighted by Gasteiger charge is 2.30. The number of nitrogens with one attached hydrogen (secondary N) is 2. The third-order valence-corrected chi connectivity index (χ3v) is 3.92. The van der Waals surface area contributed by atoms with Gasteiger partial charge in [-0.25, -0.2) is 4.98 Å². The molecule has 0 aromatic carbocycles. The van der Waals surface area contributed by atoms with Gasteiger partial charge in [-0.2, -0.15) is 0 Å². The Labute approximate surface area is 127 Å². The number of ether oxygens (including phenoxy) is 1. The lowest BCUT2D eigenvalue weighted by Gasteiger charge is -2.33. The van der Waals surface area contributed by atoms with Gasteiger partial charge in [-0.05, 0) is 6.92 Å². The molecule has 21 heavy (non-hydrogen) atoms. The van der Waals surface area contributed by atoms with Crippen LogP contribution in [0.3, 0.4) is 0 Å². The van der Waals surface area contributed by atoms with Gasteiger partial charge in [0.25, 0.3) is 0 Å². The van der Waals surface area contributed by atoms with Gasteiger partial charge < -0.3 is 15.4 Å². The van der Waals surface area contributed by atoms with Crippen molar-refractivity contribution in [1.29, 1.82) is 0 Å². The van der Waals surface area contributed by atoms with Gasteiger partial charge in [0.1, 0.15) is 6.04 Å². The standard InChI is InChI=1S/C13H20N4O3S/c1-3-20-12(19)11-6-14-4-5-17(11)7-10-8-21-13(16-10)15-9(2)18/h8,11,14H,3-7H2,1-2H3,(H,15,16,18). The van der Waals surface area contributed by atoms with E-state index in [0.29, 0.717) is 24.8 Å². The van der Waals surface area contributed by atoms with E-state index in [9.17, 15) is 9.59 Å². The number of rotatable bonds is 5. The van der Waals surface area contributed by atoms with Gasteiger partial charge in [0, 0.05) is 38.5 Å². The summed E-state index contributed by atoms with van der Waals surface area (Å²) in [4.78, 5) is 29.4. The minimum Gasteiger partial charge on any atom is -0.465 e. The maximum absolute atomic E-state index is 12.0. The molecule has 1 aromatic rings. The predicted molar refractivity (Wildman–Crippen MR) is 80.1 cm³/mol. The van der Waals surface area contributed by atoms with Crippen molar-refractivity contribution in [2.24, 2.45) is 0 Å². The van der Waals surface area contributed by atoms with Crippen molar-refractivity contribution in [3.8, 4) is 0 Å². The largest absolute Gasteiger partial charge is 0.465 e. The molecule has 1 fully saturated rings. The number of thiazole rings is 1. The number of aromatic nitrogens is 1. The van der Waals surface area contributed by atoms with Crippen molar-refractivity contribution in [2.75, 3.05) is 31.6 Å². The Hall–Kier alpha value is -1.51. The van der Waals surface area contributed by atoms with Crippen LogP contribution < -0.4 is 10.6 Å². The first kappa shape index (κ1) is 15.9. The van der Waals surface area contributed by atoms with Crippen LogP contribution in [0.2, 0.25) is 0 Å². The highest BCUT2D eigenvalue weighted by Crippen LogP contribution is 2.18. The number of carbonyl (C=O) groups is 2. The van der Waals surface area contributed by atoms with Crippen molar-refractivity contribution in [3.05, 3.63) is 11.1 Å². The summed E-state index contributed by atoms with van der Waals surface area (Å²) in [5, 5.41) is 8.35. The number of anilines is 1. The monoisotopic (exact) mass is 312 g/mol. The van der Waals surface area contributed by atoms with Gasteiger partial charge in [-0.15, -0.1) is 11.3 Å². The second-order valence-corrected chi connectivity index (χ2v) is 5.63. The molecule has 1 amide bonds. The number of piperazine rings is 1. The summed E-state index contributed by atoms with van der Waals surface area (Å²) in [6.07, 6.45) is 0. The number of carbonyl (C=O) groups excluding carboxylic acids is 2. The Bertz CT molecular complexity index is 505. The SMILES string of the molecule is CCOC(=O)C1CNCCN1Cc1csc(NC(C)=O)n1. The molecule has 1 aliphatic rings. The number of hydrogen-bond acceptors (Lipinski definition) is 7. The molecule has 8 heteroatoms. The zero-order chi connectivity index (χ0) is 15.2. The lowest BCUT2D eigenvalue weighted by atomic mass is 10.2. The van der Waals surface area contributed by atoms with Crippen molar-refractivity contribution < 1.29 is 14.3 Å². The van der Waals surface area contributed by atoms with E-state index >= 15 is 0 Å². The molecule has 116 valence electrons. The van der Waals surface area contributed by atoms with Crippen LogP contribution >= 0.6 is 11.3 Å². The summed E-state index contributed by atoms with van der Waals surface area (Å²) in [7, 11) is 0. The summed E-state index contributed by atoms with van der Waals surface area (Å²) >= 11 is 1.38. The maximum atomic E-state index is 12.0. The molecule has 1 aliphatic heterocycles. The van der Waals surface area contributed by atoms with Crippen LogP contribution in [0.25, 0.3) is 0 Å². The van der Waals surface area contributed by atoms with Crippen molar-refractivity contribution in [2.45, 2.75) is 26.4 Å². The van der Waals surface area contributed by atoms with Gasteiger partial charge in [0.15, 0.2) is 5.13 Å². The topological polar surface area (TPSA) is 83.6 Å². The summed E-state index contributed by atoms with van der Waals surface area (Å²) in [6.45, 7) is 6.39. The first-order chi connectivity index (χ1) is 10.1. The smallest absolute Gasteiger partial charge is 0.324 e. The lowest BCUT2D eigenvalue weighted by Crippen LogP contribution is -2.54. The van der Waals surface area contributed by atoms with E-state index in [2.05, 4.69) is 20.5 Å². The average Bonchev–Trinajstić information content (AvgIpc) is 2.86. The van der Waals surface area contributed by atoms with E-state index in [1.165, 1.54) is 18.3 Å². The molecule has 0 aliphatic carbocycles. The van der Waals surface area contributed by atoms with E-state index in [4.69, 9.17) is 4.74 Å². The Kier molecular flexibility index (Phi) is 5.66. The van der Waals surface area contributed by atoms with Crippen molar-refractivity contribution in [1.82, 2.24) is 15.2 Å². The molecule has 0 saturated carbocycles. The molecule has 2 N–H and O–H groups in total. The van der Waals surface area contributed by atoms with Gasteiger partial charge in [-0.3, -0.25) is 14.5 Å². The van der Waals surface area contributed by atoms with Crippen LogP contribution in [-0.4, -0.2) is 54.0 Å². The minimum atomic E-state index is -0.287. The lowest BCUT2D eigenvalue weighted by molar-refractivity contribution is -0.150. The van der Waals surface area contributed by atoms with Gasteiger partial charge in [-0.1, -0.05) is 0 Å². The molecule has 2 rings (SSSR count). The minimum absolute atomic E-state index is 0.137. The van der Waals surface area contributed by atoms with Crippen LogP contribution in [0.5, 0.6) is 0 Å². The first-order valence-electron chi connectivity index (χ1n) is 6.93. The Morgan fingerprint density at radius 1 is 1.62 bits per heavy atom. The number of esters is 1. The number of hydrogen-bond donors (Lipinski definition) is 2. The molecule has 0 spiro atoms. The quantitative estimate of drug-likeness (QED) is 0.768. The average molecular weight is 312 g/mol. The fraction of sp³-hybridized carbons (Fsp3) is 0.615. The molecule has 1 aromatic heterocycles. The fourth-order valence-corrected chi connectivity index (χ4v) is 2.95. The van der Waals surface area contributed by atoms with Crippen LogP contribution in [0, 0.1) is 0 Å². The zero-order valence-electron chi connectivity index (χ0n) is 12.2. The van der Waals surface area contributed by atoms with Crippen LogP contribution in [0.15, 0.2) is 5.38 Å². The fourth-order valence-electron chi connectivity index (χ4n) is 2.20. The van der Waals surface area contributed by atoms with Crippen LogP contribution in [0.4, 0.5) is 5.13 Å². The summed E-state index contributed by atoms with van der Waals surface area (Å²) in [5.41, 5.74) is 0.847. The number of nitrogens with zero attached hydrogens (tertiary/aromatic N) is 2. The summed E-state index contributed by atoms with van der Waals surface area (Å²) in [6, 6.07) is -0.287. The van der Waals surface area contributed by atoms with Crippen LogP contribution in [0.1, 0.15) is 19.5 Å². The van der Waals surface area contributed by atoms with Crippen molar-refractivity contribution in [3.63, 3.8) is 0 Å². The van der Waals surface area contributed by atoms with E-state index in [1.54, 1.807) is 6.92 Å². The van der Waals surface area contributed by atoms with Crippen LogP contribution in [-0.2, 0) is 20.9 Å². The molecule has 1 saturated heterocycles. The molecule has 0 bridgehead atoms. The zero-order valence-corrected chi connectivity index (χ0v) is 13.0. The first-order valence-corrected chi connectivity index (χ1v) is 7.81. The summed E-state index contributed by atoms with van der Waals surface area (Å²) in [5.74, 6) is -0.343. The Morgan fingerprint density at radius 2 is 2.43 bits per heavy atom. The second kappa shape index (κ2) is 7.48. The van der Waals surface area contributed by atoms with E-state index in [1.807, 2.05) is 5.38 Å². The maximum Gasteiger partial charge on any atom is 0.324 e. The Morgan fingerprint density at radius 3 is 3.14 bits per heavy atom. The van der Waals surface area contributed by atoms with Gasteiger partial charge in [0.05, 0.1) is 12.3 Å². The Balaban J connectivity index is 2.00. The molecular weight excluding hydrogens is 292 g/mol. The normalized spacial score (nSPS) is 19.2. The second-order valence-electron chi connectivity index (χ2n) is 4.77. The van der Waals surface area contributed by atoms with E-state index in [-0.39, 0.29) is 17.9 Å². The van der Waals surface area contributed by atoms with Crippen molar-refractivity contribution >= 4 is 28.3 Å². The van der Waals surface area contributed by atoms with Gasteiger partial charge in [0.2, 0.25) is 5.91 Å². The molecule has 2 heterocycles. The molecular formula is C13H20N4O3S. The highest BCUT2D eigenvalue weighted by molar-refractivity contribution is 7.13. The van der Waals surface area contributed by atoms with E-state index in [0.717, 1.165) is 18.8 Å². The number of amides is 1. The molecule has 1 atom stereocenters. The summed E-state index contributed by atoms with van der Waals surface area (Å²) < 4.78 is 5.11. The van der Waals surface area contributed by atoms with E-state index < -0.39 is 0 Å². The molecule has 1 unspecified atom stereocenters. The highest BCUT2D eigenvalue weighted by atomic mass is 32.1.